The molecule has 2 rings (SSSR count). The molecule has 1 N–H and O–H groups in total. The van der Waals surface area contributed by atoms with Gasteiger partial charge in [0.15, 0.2) is 0 Å². The van der Waals surface area contributed by atoms with Crippen LogP contribution < -0.4 is 5.32 Å². The van der Waals surface area contributed by atoms with E-state index in [2.05, 4.69) is 10.4 Å². The second kappa shape index (κ2) is 6.12. The molecule has 0 atom stereocenters. The van der Waals surface area contributed by atoms with Crippen LogP contribution in [0.1, 0.15) is 5.69 Å². The van der Waals surface area contributed by atoms with E-state index in [-0.39, 0.29) is 5.91 Å². The standard InChI is InChI=1S/C13H14ClN3OS/c1-9-7-12(17(2)16-9)15-13(18)8-19-11-6-4-3-5-10(11)14/h3-7H,8H2,1-2H3,(H,15,18). The molecule has 6 heteroatoms. The molecule has 0 aliphatic heterocycles. The summed E-state index contributed by atoms with van der Waals surface area (Å²) >= 11 is 7.44. The van der Waals surface area contributed by atoms with Crippen molar-refractivity contribution >= 4 is 35.1 Å². The van der Waals surface area contributed by atoms with Crippen molar-refractivity contribution in [2.45, 2.75) is 11.8 Å². The summed E-state index contributed by atoms with van der Waals surface area (Å²) in [4.78, 5) is 12.7. The number of hydrogen-bond acceptors (Lipinski definition) is 3. The summed E-state index contributed by atoms with van der Waals surface area (Å²) in [6.45, 7) is 1.88. The van der Waals surface area contributed by atoms with Crippen LogP contribution in [-0.2, 0) is 11.8 Å². The SMILES string of the molecule is Cc1cc(NC(=O)CSc2ccccc2Cl)n(C)n1. The van der Waals surface area contributed by atoms with Crippen LogP contribution in [0.2, 0.25) is 5.02 Å². The molecular formula is C13H14ClN3OS. The number of hydrogen-bond donors (Lipinski definition) is 1. The molecule has 0 saturated heterocycles. The number of aromatic nitrogens is 2. The Morgan fingerprint density at radius 3 is 2.84 bits per heavy atom. The maximum Gasteiger partial charge on any atom is 0.235 e. The van der Waals surface area contributed by atoms with E-state index in [1.165, 1.54) is 11.8 Å². The molecule has 0 saturated carbocycles. The summed E-state index contributed by atoms with van der Waals surface area (Å²) in [6, 6.07) is 9.31. The lowest BCUT2D eigenvalue weighted by Crippen LogP contribution is -2.16. The lowest BCUT2D eigenvalue weighted by atomic mass is 10.4. The zero-order valence-electron chi connectivity index (χ0n) is 10.7. The van der Waals surface area contributed by atoms with Crippen molar-refractivity contribution in [2.75, 3.05) is 11.1 Å². The molecule has 0 aliphatic carbocycles. The second-order valence-electron chi connectivity index (χ2n) is 4.06. The number of rotatable bonds is 4. The van der Waals surface area contributed by atoms with Crippen molar-refractivity contribution < 1.29 is 4.79 Å². The number of anilines is 1. The molecule has 19 heavy (non-hydrogen) atoms. The summed E-state index contributed by atoms with van der Waals surface area (Å²) in [5.74, 6) is 0.934. The quantitative estimate of drug-likeness (QED) is 0.882. The van der Waals surface area contributed by atoms with Crippen LogP contribution in [0.4, 0.5) is 5.82 Å². The molecular weight excluding hydrogens is 282 g/mol. The molecule has 1 aromatic carbocycles. The van der Waals surface area contributed by atoms with Crippen LogP contribution >= 0.6 is 23.4 Å². The summed E-state index contributed by atoms with van der Waals surface area (Å²) < 4.78 is 1.65. The maximum atomic E-state index is 11.8. The molecule has 0 aliphatic rings. The normalized spacial score (nSPS) is 10.5. The van der Waals surface area contributed by atoms with Gasteiger partial charge in [-0.25, -0.2) is 0 Å². The third-order valence-corrected chi connectivity index (χ3v) is 3.98. The summed E-state index contributed by atoms with van der Waals surface area (Å²) in [6.07, 6.45) is 0. The molecule has 0 spiro atoms. The smallest absolute Gasteiger partial charge is 0.235 e. The minimum atomic E-state index is -0.0760. The zero-order valence-corrected chi connectivity index (χ0v) is 12.3. The van der Waals surface area contributed by atoms with E-state index in [1.54, 1.807) is 11.7 Å². The first-order valence-corrected chi connectivity index (χ1v) is 7.10. The Morgan fingerprint density at radius 2 is 2.21 bits per heavy atom. The van der Waals surface area contributed by atoms with E-state index in [0.717, 1.165) is 10.6 Å². The third-order valence-electron chi connectivity index (χ3n) is 2.46. The Labute approximate surface area is 121 Å². The van der Waals surface area contributed by atoms with Gasteiger partial charge in [-0.1, -0.05) is 23.7 Å². The third kappa shape index (κ3) is 3.75. The van der Waals surface area contributed by atoms with Gasteiger partial charge in [0.2, 0.25) is 5.91 Å². The van der Waals surface area contributed by atoms with Crippen LogP contribution in [0.25, 0.3) is 0 Å². The van der Waals surface area contributed by atoms with Crippen molar-refractivity contribution in [3.8, 4) is 0 Å². The number of nitrogens with one attached hydrogen (secondary N) is 1. The average molecular weight is 296 g/mol. The van der Waals surface area contributed by atoms with Gasteiger partial charge in [0.1, 0.15) is 5.82 Å². The monoisotopic (exact) mass is 295 g/mol. The van der Waals surface area contributed by atoms with Gasteiger partial charge >= 0.3 is 0 Å². The fourth-order valence-electron chi connectivity index (χ4n) is 1.61. The van der Waals surface area contributed by atoms with Crippen LogP contribution in [-0.4, -0.2) is 21.4 Å². The first-order chi connectivity index (χ1) is 9.06. The predicted molar refractivity (Wildman–Crippen MR) is 78.8 cm³/mol. The summed E-state index contributed by atoms with van der Waals surface area (Å²) in [5.41, 5.74) is 0.872. The van der Waals surface area contributed by atoms with Gasteiger partial charge in [-0.3, -0.25) is 9.48 Å². The van der Waals surface area contributed by atoms with E-state index in [1.807, 2.05) is 37.3 Å². The molecule has 1 aromatic heterocycles. The Balaban J connectivity index is 1.92. The maximum absolute atomic E-state index is 11.8. The van der Waals surface area contributed by atoms with E-state index >= 15 is 0 Å². The van der Waals surface area contributed by atoms with Gasteiger partial charge in [0.05, 0.1) is 16.5 Å². The highest BCUT2D eigenvalue weighted by Crippen LogP contribution is 2.26. The molecule has 1 heterocycles. The lowest BCUT2D eigenvalue weighted by Gasteiger charge is -2.06. The van der Waals surface area contributed by atoms with Gasteiger partial charge in [-0.05, 0) is 19.1 Å². The molecule has 2 aromatic rings. The van der Waals surface area contributed by atoms with Gasteiger partial charge < -0.3 is 5.32 Å². The van der Waals surface area contributed by atoms with Crippen LogP contribution in [0.15, 0.2) is 35.2 Å². The molecule has 0 fully saturated rings. The molecule has 1 amide bonds. The van der Waals surface area contributed by atoms with Crippen molar-refractivity contribution in [1.82, 2.24) is 9.78 Å². The van der Waals surface area contributed by atoms with Crippen molar-refractivity contribution in [1.29, 1.82) is 0 Å². The predicted octanol–water partition coefficient (Wildman–Crippen LogP) is 3.11. The lowest BCUT2D eigenvalue weighted by molar-refractivity contribution is -0.113. The average Bonchev–Trinajstić information content (AvgIpc) is 2.67. The second-order valence-corrected chi connectivity index (χ2v) is 5.49. The Kier molecular flexibility index (Phi) is 4.50. The van der Waals surface area contributed by atoms with Crippen molar-refractivity contribution in [2.24, 2.45) is 7.05 Å². The number of carbonyl (C=O) groups excluding carboxylic acids is 1. The van der Waals surface area contributed by atoms with Crippen LogP contribution in [0, 0.1) is 6.92 Å². The molecule has 0 bridgehead atoms. The summed E-state index contributed by atoms with van der Waals surface area (Å²) in [7, 11) is 1.80. The van der Waals surface area contributed by atoms with Gasteiger partial charge in [0.25, 0.3) is 0 Å². The molecule has 0 unspecified atom stereocenters. The van der Waals surface area contributed by atoms with Gasteiger partial charge in [-0.2, -0.15) is 5.10 Å². The highest BCUT2D eigenvalue weighted by atomic mass is 35.5. The minimum Gasteiger partial charge on any atom is -0.310 e. The molecule has 0 radical (unpaired) electrons. The largest absolute Gasteiger partial charge is 0.310 e. The van der Waals surface area contributed by atoms with Crippen molar-refractivity contribution in [3.05, 3.63) is 41.0 Å². The number of halogens is 1. The van der Waals surface area contributed by atoms with Gasteiger partial charge in [-0.15, -0.1) is 11.8 Å². The number of nitrogens with zero attached hydrogens (tertiary/aromatic N) is 2. The molecule has 100 valence electrons. The topological polar surface area (TPSA) is 46.9 Å². The highest BCUT2D eigenvalue weighted by Gasteiger charge is 2.08. The number of aryl methyl sites for hydroxylation is 2. The van der Waals surface area contributed by atoms with E-state index < -0.39 is 0 Å². The van der Waals surface area contributed by atoms with E-state index in [4.69, 9.17) is 11.6 Å². The number of thioether (sulfide) groups is 1. The fraction of sp³-hybridized carbons (Fsp3) is 0.231. The van der Waals surface area contributed by atoms with Crippen LogP contribution in [0.3, 0.4) is 0 Å². The molecule has 4 nitrogen and oxygen atoms in total. The van der Waals surface area contributed by atoms with E-state index in [9.17, 15) is 4.79 Å². The summed E-state index contributed by atoms with van der Waals surface area (Å²) in [5, 5.41) is 7.65. The highest BCUT2D eigenvalue weighted by molar-refractivity contribution is 8.00. The van der Waals surface area contributed by atoms with Crippen LogP contribution in [0.5, 0.6) is 0 Å². The Morgan fingerprint density at radius 1 is 1.47 bits per heavy atom. The fourth-order valence-corrected chi connectivity index (χ4v) is 2.65. The number of benzene rings is 1. The number of carbonyl (C=O) groups is 1. The first kappa shape index (κ1) is 14.0. The van der Waals surface area contributed by atoms with Crippen molar-refractivity contribution in [3.63, 3.8) is 0 Å². The van der Waals surface area contributed by atoms with Gasteiger partial charge in [0, 0.05) is 18.0 Å². The first-order valence-electron chi connectivity index (χ1n) is 5.74. The number of amides is 1. The minimum absolute atomic E-state index is 0.0760. The Bertz CT molecular complexity index is 597. The van der Waals surface area contributed by atoms with E-state index in [0.29, 0.717) is 16.6 Å². The zero-order chi connectivity index (χ0) is 13.8. The Hall–Kier alpha value is -1.46.